The second-order valence-corrected chi connectivity index (χ2v) is 4.15. The first-order valence-corrected chi connectivity index (χ1v) is 5.80. The molecule has 1 atom stereocenters. The average Bonchev–Trinajstić information content (AvgIpc) is 2.39. The van der Waals surface area contributed by atoms with Gasteiger partial charge in [-0.1, -0.05) is 12.1 Å². The third kappa shape index (κ3) is 3.08. The maximum absolute atomic E-state index is 12.0. The summed E-state index contributed by atoms with van der Waals surface area (Å²) in [5, 5.41) is 21.7. The predicted molar refractivity (Wildman–Crippen MR) is 70.9 cm³/mol. The zero-order valence-electron chi connectivity index (χ0n) is 10.4. The number of carbonyl (C=O) groups excluding carboxylic acids is 1. The molecule has 98 valence electrons. The minimum atomic E-state index is -0.605. The van der Waals surface area contributed by atoms with Crippen LogP contribution in [0.3, 0.4) is 0 Å². The van der Waals surface area contributed by atoms with Crippen molar-refractivity contribution in [1.29, 1.82) is 0 Å². The van der Waals surface area contributed by atoms with Gasteiger partial charge in [0.05, 0.1) is 17.9 Å². The van der Waals surface area contributed by atoms with E-state index in [0.29, 0.717) is 11.3 Å². The molecule has 0 bridgehead atoms. The van der Waals surface area contributed by atoms with E-state index in [0.717, 1.165) is 0 Å². The van der Waals surface area contributed by atoms with Crippen LogP contribution in [0.25, 0.3) is 0 Å². The van der Waals surface area contributed by atoms with Crippen LogP contribution in [0.15, 0.2) is 42.7 Å². The van der Waals surface area contributed by atoms with Crippen molar-refractivity contribution in [2.75, 3.05) is 5.32 Å². The lowest BCUT2D eigenvalue weighted by molar-refractivity contribution is 0.102. The number of benzene rings is 1. The highest BCUT2D eigenvalue weighted by Crippen LogP contribution is 2.19. The van der Waals surface area contributed by atoms with Gasteiger partial charge in [0.15, 0.2) is 0 Å². The van der Waals surface area contributed by atoms with Crippen molar-refractivity contribution in [2.24, 2.45) is 0 Å². The van der Waals surface area contributed by atoms with Crippen molar-refractivity contribution in [3.8, 4) is 5.75 Å². The number of amides is 1. The van der Waals surface area contributed by atoms with Crippen molar-refractivity contribution in [1.82, 2.24) is 4.98 Å². The first kappa shape index (κ1) is 13.0. The number of pyridine rings is 1. The Labute approximate surface area is 110 Å². The lowest BCUT2D eigenvalue weighted by Gasteiger charge is -2.09. The van der Waals surface area contributed by atoms with Gasteiger partial charge in [-0.15, -0.1) is 0 Å². The molecule has 0 fully saturated rings. The Morgan fingerprint density at radius 2 is 2.16 bits per heavy atom. The lowest BCUT2D eigenvalue weighted by Crippen LogP contribution is -2.12. The van der Waals surface area contributed by atoms with Crippen LogP contribution in [0.5, 0.6) is 5.75 Å². The highest BCUT2D eigenvalue weighted by molar-refractivity contribution is 6.05. The molecule has 1 aromatic heterocycles. The number of aliphatic hydroxyl groups is 1. The van der Waals surface area contributed by atoms with Crippen LogP contribution in [-0.2, 0) is 0 Å². The number of nitrogens with one attached hydrogen (secondary N) is 1. The molecule has 5 nitrogen and oxygen atoms in total. The monoisotopic (exact) mass is 258 g/mol. The number of aromatic hydroxyl groups is 1. The standard InChI is InChI=1S/C14H14N2O3/c1-9(17)10-3-2-4-11(7-10)16-14(19)12-5-6-15-8-13(12)18/h2-9,17-18H,1H3,(H,16,19). The number of anilines is 1. The topological polar surface area (TPSA) is 82.5 Å². The molecule has 1 amide bonds. The smallest absolute Gasteiger partial charge is 0.259 e. The minimum absolute atomic E-state index is 0.150. The highest BCUT2D eigenvalue weighted by atomic mass is 16.3. The molecule has 0 aliphatic carbocycles. The van der Waals surface area contributed by atoms with E-state index < -0.39 is 12.0 Å². The number of hydrogen-bond acceptors (Lipinski definition) is 4. The Balaban J connectivity index is 2.20. The van der Waals surface area contributed by atoms with Crippen molar-refractivity contribution in [2.45, 2.75) is 13.0 Å². The van der Waals surface area contributed by atoms with Crippen LogP contribution in [0.2, 0.25) is 0 Å². The summed E-state index contributed by atoms with van der Waals surface area (Å²) in [7, 11) is 0. The Kier molecular flexibility index (Phi) is 3.77. The lowest BCUT2D eigenvalue weighted by atomic mass is 10.1. The maximum atomic E-state index is 12.0. The van der Waals surface area contributed by atoms with E-state index in [1.54, 1.807) is 31.2 Å². The molecule has 1 heterocycles. The van der Waals surface area contributed by atoms with E-state index in [9.17, 15) is 15.0 Å². The summed E-state index contributed by atoms with van der Waals surface area (Å²) in [4.78, 5) is 15.7. The van der Waals surface area contributed by atoms with Gasteiger partial charge in [-0.25, -0.2) is 0 Å². The van der Waals surface area contributed by atoms with Gasteiger partial charge in [-0.2, -0.15) is 0 Å². The van der Waals surface area contributed by atoms with Gasteiger partial charge in [0.25, 0.3) is 5.91 Å². The van der Waals surface area contributed by atoms with Gasteiger partial charge in [-0.3, -0.25) is 9.78 Å². The number of nitrogens with zero attached hydrogens (tertiary/aromatic N) is 1. The molecule has 1 aromatic carbocycles. The molecule has 0 aliphatic rings. The van der Waals surface area contributed by atoms with Crippen LogP contribution < -0.4 is 5.32 Å². The largest absolute Gasteiger partial charge is 0.505 e. The van der Waals surface area contributed by atoms with Gasteiger partial charge in [0.1, 0.15) is 5.75 Å². The van der Waals surface area contributed by atoms with E-state index >= 15 is 0 Å². The summed E-state index contributed by atoms with van der Waals surface area (Å²) in [6, 6.07) is 8.33. The Morgan fingerprint density at radius 1 is 1.37 bits per heavy atom. The van der Waals surface area contributed by atoms with Crippen LogP contribution in [-0.4, -0.2) is 21.1 Å². The van der Waals surface area contributed by atoms with Gasteiger partial charge >= 0.3 is 0 Å². The van der Waals surface area contributed by atoms with Crippen molar-refractivity contribution in [3.05, 3.63) is 53.9 Å². The quantitative estimate of drug-likeness (QED) is 0.787. The van der Waals surface area contributed by atoms with E-state index in [1.807, 2.05) is 0 Å². The predicted octanol–water partition coefficient (Wildman–Crippen LogP) is 2.09. The van der Waals surface area contributed by atoms with E-state index in [2.05, 4.69) is 10.3 Å². The summed E-state index contributed by atoms with van der Waals surface area (Å²) >= 11 is 0. The fourth-order valence-electron chi connectivity index (χ4n) is 1.65. The molecular weight excluding hydrogens is 244 g/mol. The summed E-state index contributed by atoms with van der Waals surface area (Å²) in [5.41, 5.74) is 1.41. The molecule has 0 radical (unpaired) electrons. The number of aliphatic hydroxyl groups excluding tert-OH is 1. The summed E-state index contributed by atoms with van der Waals surface area (Å²) in [6.45, 7) is 1.65. The second-order valence-electron chi connectivity index (χ2n) is 4.15. The molecule has 0 aliphatic heterocycles. The van der Waals surface area contributed by atoms with Crippen LogP contribution in [0.1, 0.15) is 28.9 Å². The molecule has 2 aromatic rings. The normalized spacial score (nSPS) is 11.9. The number of hydrogen-bond donors (Lipinski definition) is 3. The Bertz CT molecular complexity index is 597. The number of rotatable bonds is 3. The molecule has 2 rings (SSSR count). The SMILES string of the molecule is CC(O)c1cccc(NC(=O)c2ccncc2O)c1. The van der Waals surface area contributed by atoms with Crippen LogP contribution in [0, 0.1) is 0 Å². The molecule has 1 unspecified atom stereocenters. The fraction of sp³-hybridized carbons (Fsp3) is 0.143. The third-order valence-corrected chi connectivity index (χ3v) is 2.67. The molecule has 0 spiro atoms. The molecule has 0 saturated heterocycles. The Hall–Kier alpha value is -2.40. The van der Waals surface area contributed by atoms with Crippen LogP contribution in [0.4, 0.5) is 5.69 Å². The van der Waals surface area contributed by atoms with E-state index in [4.69, 9.17) is 0 Å². The fourth-order valence-corrected chi connectivity index (χ4v) is 1.65. The first-order chi connectivity index (χ1) is 9.08. The van der Waals surface area contributed by atoms with E-state index in [-0.39, 0.29) is 11.3 Å². The van der Waals surface area contributed by atoms with Gasteiger partial charge in [0.2, 0.25) is 0 Å². The molecule has 19 heavy (non-hydrogen) atoms. The first-order valence-electron chi connectivity index (χ1n) is 5.80. The molecular formula is C14H14N2O3. The van der Waals surface area contributed by atoms with Crippen molar-refractivity contribution >= 4 is 11.6 Å². The van der Waals surface area contributed by atoms with Gasteiger partial charge < -0.3 is 15.5 Å². The number of carbonyl (C=O) groups is 1. The van der Waals surface area contributed by atoms with Crippen LogP contribution >= 0.6 is 0 Å². The van der Waals surface area contributed by atoms with E-state index in [1.165, 1.54) is 18.5 Å². The Morgan fingerprint density at radius 3 is 2.84 bits per heavy atom. The minimum Gasteiger partial charge on any atom is -0.505 e. The summed E-state index contributed by atoms with van der Waals surface area (Å²) in [6.07, 6.45) is 2.04. The highest BCUT2D eigenvalue weighted by Gasteiger charge is 2.11. The average molecular weight is 258 g/mol. The van der Waals surface area contributed by atoms with Crippen molar-refractivity contribution < 1.29 is 15.0 Å². The number of aromatic nitrogens is 1. The van der Waals surface area contributed by atoms with Crippen molar-refractivity contribution in [3.63, 3.8) is 0 Å². The summed E-state index contributed by atoms with van der Waals surface area (Å²) in [5.74, 6) is -0.602. The third-order valence-electron chi connectivity index (χ3n) is 2.67. The molecule has 0 saturated carbocycles. The molecule has 3 N–H and O–H groups in total. The zero-order chi connectivity index (χ0) is 13.8. The van der Waals surface area contributed by atoms with Gasteiger partial charge in [0, 0.05) is 11.9 Å². The summed E-state index contributed by atoms with van der Waals surface area (Å²) < 4.78 is 0. The zero-order valence-corrected chi connectivity index (χ0v) is 10.4. The second kappa shape index (κ2) is 5.49. The molecule has 5 heteroatoms. The van der Waals surface area contributed by atoms with Gasteiger partial charge in [-0.05, 0) is 30.7 Å². The maximum Gasteiger partial charge on any atom is 0.259 e.